The van der Waals surface area contributed by atoms with Crippen molar-refractivity contribution in [1.29, 1.82) is 0 Å². The highest BCUT2D eigenvalue weighted by atomic mass is 28.3. The summed E-state index contributed by atoms with van der Waals surface area (Å²) in [7, 11) is 0.522. The van der Waals surface area contributed by atoms with E-state index in [9.17, 15) is 4.79 Å². The number of amides is 2. The average molecular weight is 455 g/mol. The molecule has 1 fully saturated rings. The van der Waals surface area contributed by atoms with E-state index >= 15 is 0 Å². The van der Waals surface area contributed by atoms with Crippen molar-refractivity contribution in [1.82, 2.24) is 19.3 Å². The second-order valence-electron chi connectivity index (χ2n) is 11.4. The molecule has 0 saturated carbocycles. The van der Waals surface area contributed by atoms with Crippen molar-refractivity contribution in [2.75, 3.05) is 26.7 Å². The first-order valence-corrected chi connectivity index (χ1v) is 15.3. The summed E-state index contributed by atoms with van der Waals surface area (Å²) in [5.41, 5.74) is 4.42. The third-order valence-electron chi connectivity index (χ3n) is 8.66. The quantitative estimate of drug-likeness (QED) is 0.640. The molecule has 4 rings (SSSR count). The molecule has 1 saturated heterocycles. The van der Waals surface area contributed by atoms with Crippen molar-refractivity contribution < 1.29 is 4.79 Å². The van der Waals surface area contributed by atoms with E-state index in [4.69, 9.17) is 0 Å². The lowest BCUT2D eigenvalue weighted by Crippen LogP contribution is -2.56. The molecule has 5 nitrogen and oxygen atoms in total. The zero-order chi connectivity index (χ0) is 23.4. The van der Waals surface area contributed by atoms with Gasteiger partial charge in [-0.15, -0.1) is 0 Å². The minimum Gasteiger partial charge on any atom is -0.374 e. The number of benzene rings is 1. The second-order valence-corrected chi connectivity index (χ2v) is 16.5. The Morgan fingerprint density at radius 3 is 2.53 bits per heavy atom. The molecular formula is C26H42N4OSi. The van der Waals surface area contributed by atoms with Gasteiger partial charge in [-0.1, -0.05) is 46.0 Å². The third kappa shape index (κ3) is 3.69. The van der Waals surface area contributed by atoms with Gasteiger partial charge in [0.2, 0.25) is 0 Å². The van der Waals surface area contributed by atoms with Crippen molar-refractivity contribution in [3.63, 3.8) is 0 Å². The van der Waals surface area contributed by atoms with Gasteiger partial charge >= 0.3 is 6.03 Å². The Labute approximate surface area is 195 Å². The highest BCUT2D eigenvalue weighted by molar-refractivity contribution is 6.79. The number of likely N-dealkylation sites (tertiary alicyclic amines) is 1. The highest BCUT2D eigenvalue weighted by Gasteiger charge is 2.43. The van der Waals surface area contributed by atoms with E-state index in [1.807, 2.05) is 18.7 Å². The van der Waals surface area contributed by atoms with Gasteiger partial charge in [-0.25, -0.2) is 4.79 Å². The largest absolute Gasteiger partial charge is 0.374 e. The number of likely N-dealkylation sites (N-methyl/N-ethyl adjacent to an activating group) is 1. The average Bonchev–Trinajstić information content (AvgIpc) is 3.10. The molecule has 2 heterocycles. The predicted octanol–water partition coefficient (Wildman–Crippen LogP) is 5.26. The fourth-order valence-electron chi connectivity index (χ4n) is 5.75. The standard InChI is InChI=1S/C26H42N4OSi/c1-9-29(10-2)25(31)27-19-15-21-20-12-11-13-22-24(20)18(14-23(21)28(6)17-19)16-30(22)32(7,8)26(3,4)5/h11-13,16,19,21,23H,9-10,14-15,17H2,1-8H3,(H,27,31)/t19-,21?,23+/m0/s1. The zero-order valence-corrected chi connectivity index (χ0v) is 22.3. The summed E-state index contributed by atoms with van der Waals surface area (Å²) in [5, 5.41) is 5.11. The lowest BCUT2D eigenvalue weighted by atomic mass is 9.74. The normalized spacial score (nSPS) is 23.8. The molecule has 6 heteroatoms. The van der Waals surface area contributed by atoms with E-state index < -0.39 is 8.24 Å². The van der Waals surface area contributed by atoms with Crippen molar-refractivity contribution in [2.24, 2.45) is 0 Å². The summed E-state index contributed by atoms with van der Waals surface area (Å²) in [5.74, 6) is 0.460. The van der Waals surface area contributed by atoms with Crippen molar-refractivity contribution in [3.05, 3.63) is 35.5 Å². The molecule has 3 atom stereocenters. The summed E-state index contributed by atoms with van der Waals surface area (Å²) in [6, 6.07) is 7.70. The number of hydrogen-bond acceptors (Lipinski definition) is 2. The molecule has 0 bridgehead atoms. The van der Waals surface area contributed by atoms with Crippen molar-refractivity contribution in [2.45, 2.75) is 83.6 Å². The van der Waals surface area contributed by atoms with Gasteiger partial charge in [0.15, 0.2) is 8.24 Å². The molecule has 2 amide bonds. The molecule has 0 radical (unpaired) electrons. The molecule has 176 valence electrons. The fraction of sp³-hybridized carbons (Fsp3) is 0.654. The maximum atomic E-state index is 12.7. The number of piperidine rings is 1. The van der Waals surface area contributed by atoms with Crippen molar-refractivity contribution in [3.8, 4) is 0 Å². The molecule has 1 aromatic carbocycles. The van der Waals surface area contributed by atoms with E-state index in [1.54, 1.807) is 0 Å². The number of carbonyl (C=O) groups excluding carboxylic acids is 1. The first kappa shape index (κ1) is 23.4. The van der Waals surface area contributed by atoms with Crippen LogP contribution in [0.2, 0.25) is 18.1 Å². The monoisotopic (exact) mass is 454 g/mol. The number of nitrogens with zero attached hydrogens (tertiary/aromatic N) is 3. The van der Waals surface area contributed by atoms with E-state index in [1.165, 1.54) is 22.0 Å². The molecule has 1 aliphatic carbocycles. The summed E-state index contributed by atoms with van der Waals surface area (Å²) in [6.45, 7) is 18.7. The van der Waals surface area contributed by atoms with Crippen LogP contribution in [0.3, 0.4) is 0 Å². The smallest absolute Gasteiger partial charge is 0.317 e. The first-order chi connectivity index (χ1) is 15.0. The van der Waals surface area contributed by atoms with Crippen LogP contribution >= 0.6 is 0 Å². The number of fused-ring (bicyclic) bond motifs is 2. The maximum absolute atomic E-state index is 12.7. The fourth-order valence-corrected chi connectivity index (χ4v) is 7.74. The van der Waals surface area contributed by atoms with Crippen LogP contribution in [-0.4, -0.2) is 67.1 Å². The summed E-state index contributed by atoms with van der Waals surface area (Å²) >= 11 is 0. The molecule has 0 spiro atoms. The van der Waals surface area contributed by atoms with Crippen LogP contribution in [0, 0.1) is 0 Å². The predicted molar refractivity (Wildman–Crippen MR) is 137 cm³/mol. The van der Waals surface area contributed by atoms with Crippen LogP contribution in [0.15, 0.2) is 24.4 Å². The first-order valence-electron chi connectivity index (χ1n) is 12.4. The lowest BCUT2D eigenvalue weighted by molar-refractivity contribution is 0.124. The van der Waals surface area contributed by atoms with E-state index in [-0.39, 0.29) is 17.1 Å². The van der Waals surface area contributed by atoms with Gasteiger partial charge in [-0.3, -0.25) is 0 Å². The summed E-state index contributed by atoms with van der Waals surface area (Å²) < 4.78 is 2.66. The van der Waals surface area contributed by atoms with E-state index in [0.29, 0.717) is 12.0 Å². The van der Waals surface area contributed by atoms with Gasteiger partial charge in [0.1, 0.15) is 0 Å². The van der Waals surface area contributed by atoms with Crippen LogP contribution in [0.25, 0.3) is 10.9 Å². The van der Waals surface area contributed by atoms with Crippen LogP contribution in [-0.2, 0) is 6.42 Å². The highest BCUT2D eigenvalue weighted by Crippen LogP contribution is 2.46. The Kier molecular flexibility index (Phi) is 5.99. The number of urea groups is 1. The lowest BCUT2D eigenvalue weighted by Gasteiger charge is -2.46. The number of rotatable bonds is 4. The number of carbonyl (C=O) groups is 1. The molecule has 1 unspecified atom stereocenters. The Morgan fingerprint density at radius 1 is 1.22 bits per heavy atom. The molecule has 1 aliphatic heterocycles. The minimum absolute atomic E-state index is 0.0747. The Morgan fingerprint density at radius 2 is 1.91 bits per heavy atom. The van der Waals surface area contributed by atoms with Gasteiger partial charge < -0.3 is 19.3 Å². The molecule has 1 aromatic heterocycles. The Balaban J connectivity index is 1.71. The van der Waals surface area contributed by atoms with Gasteiger partial charge in [0.05, 0.1) is 0 Å². The third-order valence-corrected chi connectivity index (χ3v) is 13.9. The molecule has 1 N–H and O–H groups in total. The van der Waals surface area contributed by atoms with Crippen LogP contribution in [0.1, 0.15) is 58.1 Å². The number of aromatic nitrogens is 1. The molecular weight excluding hydrogens is 412 g/mol. The molecule has 2 aromatic rings. The van der Waals surface area contributed by atoms with Crippen LogP contribution in [0.5, 0.6) is 0 Å². The second kappa shape index (κ2) is 8.21. The zero-order valence-electron chi connectivity index (χ0n) is 21.3. The topological polar surface area (TPSA) is 40.5 Å². The summed E-state index contributed by atoms with van der Waals surface area (Å²) in [6.07, 6.45) is 4.61. The molecule has 32 heavy (non-hydrogen) atoms. The van der Waals surface area contributed by atoms with E-state index in [2.05, 4.69) is 79.8 Å². The maximum Gasteiger partial charge on any atom is 0.317 e. The molecule has 2 aliphatic rings. The van der Waals surface area contributed by atoms with Crippen molar-refractivity contribution >= 4 is 25.2 Å². The van der Waals surface area contributed by atoms with Crippen LogP contribution in [0.4, 0.5) is 4.79 Å². The summed E-state index contributed by atoms with van der Waals surface area (Å²) in [4.78, 5) is 17.1. The van der Waals surface area contributed by atoms with Gasteiger partial charge in [-0.2, -0.15) is 0 Å². The SMILES string of the molecule is CCN(CC)C(=O)N[C@H]1CC2c3cccc4c3c(cn4[Si](C)(C)C(C)(C)C)C[C@H]2N(C)C1. The minimum atomic E-state index is -1.72. The Bertz CT molecular complexity index is 1000. The van der Waals surface area contributed by atoms with Gasteiger partial charge in [0.25, 0.3) is 0 Å². The van der Waals surface area contributed by atoms with Crippen LogP contribution < -0.4 is 5.32 Å². The van der Waals surface area contributed by atoms with Gasteiger partial charge in [0, 0.05) is 48.5 Å². The van der Waals surface area contributed by atoms with Gasteiger partial charge in [-0.05, 0) is 62.2 Å². The number of nitrogens with one attached hydrogen (secondary N) is 1. The number of hydrogen-bond donors (Lipinski definition) is 1. The van der Waals surface area contributed by atoms with E-state index in [0.717, 1.165) is 32.5 Å². The Hall–Kier alpha value is -1.79.